The molecule has 0 aliphatic heterocycles. The van der Waals surface area contributed by atoms with Crippen LogP contribution in [0.3, 0.4) is 0 Å². The molecule has 78 valence electrons. The van der Waals surface area contributed by atoms with E-state index in [0.717, 1.165) is 16.9 Å². The molecule has 0 fully saturated rings. The molecule has 0 radical (unpaired) electrons. The first-order valence-corrected chi connectivity index (χ1v) is 4.66. The van der Waals surface area contributed by atoms with Crippen LogP contribution in [-0.4, -0.2) is 18.5 Å². The highest BCUT2D eigenvalue weighted by Crippen LogP contribution is 2.26. The van der Waals surface area contributed by atoms with Gasteiger partial charge in [-0.15, -0.1) is 0 Å². The molecule has 3 heteroatoms. The second-order valence-electron chi connectivity index (χ2n) is 3.16. The van der Waals surface area contributed by atoms with Crippen molar-refractivity contribution in [1.29, 1.82) is 0 Å². The van der Waals surface area contributed by atoms with Crippen molar-refractivity contribution >= 4 is 0 Å². The summed E-state index contributed by atoms with van der Waals surface area (Å²) in [6.07, 6.45) is 0. The van der Waals surface area contributed by atoms with Crippen LogP contribution in [0.25, 0.3) is 0 Å². The number of ether oxygens (including phenoxy) is 2. The summed E-state index contributed by atoms with van der Waals surface area (Å²) < 4.78 is 10.5. The fourth-order valence-corrected chi connectivity index (χ4v) is 1.12. The Morgan fingerprint density at radius 2 is 1.93 bits per heavy atom. The van der Waals surface area contributed by atoms with Crippen molar-refractivity contribution < 1.29 is 14.6 Å². The van der Waals surface area contributed by atoms with E-state index in [0.29, 0.717) is 12.4 Å². The number of benzene rings is 1. The minimum Gasteiger partial charge on any atom is -0.508 e. The summed E-state index contributed by atoms with van der Waals surface area (Å²) in [4.78, 5) is 0. The minimum atomic E-state index is 0.252. The van der Waals surface area contributed by atoms with E-state index in [1.807, 2.05) is 26.8 Å². The van der Waals surface area contributed by atoms with E-state index < -0.39 is 0 Å². The Balaban J connectivity index is 2.72. The average molecular weight is 196 g/mol. The molecular formula is C11H16O3. The molecule has 0 spiro atoms. The normalized spacial score (nSPS) is 10.2. The van der Waals surface area contributed by atoms with Crippen molar-refractivity contribution in [1.82, 2.24) is 0 Å². The van der Waals surface area contributed by atoms with Gasteiger partial charge in [0.25, 0.3) is 0 Å². The maximum Gasteiger partial charge on any atom is 0.189 e. The lowest BCUT2D eigenvalue weighted by atomic mass is 10.1. The Labute approximate surface area is 84.3 Å². The summed E-state index contributed by atoms with van der Waals surface area (Å²) in [6, 6.07) is 3.50. The van der Waals surface area contributed by atoms with E-state index >= 15 is 0 Å². The Hall–Kier alpha value is -1.22. The zero-order valence-corrected chi connectivity index (χ0v) is 8.83. The first kappa shape index (κ1) is 10.9. The monoisotopic (exact) mass is 196 g/mol. The van der Waals surface area contributed by atoms with Gasteiger partial charge in [0, 0.05) is 6.61 Å². The Morgan fingerprint density at radius 1 is 1.21 bits per heavy atom. The molecule has 14 heavy (non-hydrogen) atoms. The quantitative estimate of drug-likeness (QED) is 0.593. The van der Waals surface area contributed by atoms with Crippen molar-refractivity contribution in [2.45, 2.75) is 20.8 Å². The third-order valence-electron chi connectivity index (χ3n) is 2.00. The number of hydrogen-bond donors (Lipinski definition) is 1. The number of phenolic OH excluding ortho intramolecular Hbond substituents is 1. The van der Waals surface area contributed by atoms with Crippen molar-refractivity contribution in [3.63, 3.8) is 0 Å². The van der Waals surface area contributed by atoms with Crippen LogP contribution >= 0.6 is 0 Å². The van der Waals surface area contributed by atoms with Crippen LogP contribution in [0.4, 0.5) is 0 Å². The molecule has 1 rings (SSSR count). The summed E-state index contributed by atoms with van der Waals surface area (Å²) in [7, 11) is 0. The van der Waals surface area contributed by atoms with Crippen LogP contribution in [0.5, 0.6) is 11.5 Å². The zero-order chi connectivity index (χ0) is 10.6. The molecule has 0 unspecified atom stereocenters. The first-order valence-electron chi connectivity index (χ1n) is 4.66. The number of rotatable bonds is 4. The fourth-order valence-electron chi connectivity index (χ4n) is 1.12. The van der Waals surface area contributed by atoms with Gasteiger partial charge in [0.2, 0.25) is 0 Å². The molecule has 0 atom stereocenters. The predicted octanol–water partition coefficient (Wildman–Crippen LogP) is 2.38. The lowest BCUT2D eigenvalue weighted by Crippen LogP contribution is -2.03. The van der Waals surface area contributed by atoms with Gasteiger partial charge in [-0.1, -0.05) is 0 Å². The summed E-state index contributed by atoms with van der Waals surface area (Å²) in [5.41, 5.74) is 1.72. The summed E-state index contributed by atoms with van der Waals surface area (Å²) in [5, 5.41) is 9.41. The lowest BCUT2D eigenvalue weighted by Gasteiger charge is -2.10. The third kappa shape index (κ3) is 2.64. The third-order valence-corrected chi connectivity index (χ3v) is 2.00. The molecule has 1 N–H and O–H groups in total. The van der Waals surface area contributed by atoms with Crippen LogP contribution in [0.1, 0.15) is 18.1 Å². The SMILES string of the molecule is CCOCOc1cc(C)c(O)cc1C. The largest absolute Gasteiger partial charge is 0.508 e. The maximum atomic E-state index is 9.41. The molecule has 0 aliphatic rings. The Morgan fingerprint density at radius 3 is 2.57 bits per heavy atom. The number of hydrogen-bond acceptors (Lipinski definition) is 3. The van der Waals surface area contributed by atoms with Gasteiger partial charge in [-0.3, -0.25) is 0 Å². The molecule has 0 aliphatic carbocycles. The van der Waals surface area contributed by atoms with Gasteiger partial charge in [-0.2, -0.15) is 0 Å². The highest BCUT2D eigenvalue weighted by atomic mass is 16.7. The predicted molar refractivity (Wildman–Crippen MR) is 54.7 cm³/mol. The Bertz CT molecular complexity index is 308. The standard InChI is InChI=1S/C11H16O3/c1-4-13-7-14-11-6-8(2)10(12)5-9(11)3/h5-6,12H,4,7H2,1-3H3. The molecule has 0 saturated carbocycles. The summed E-state index contributed by atoms with van der Waals surface area (Å²) in [6.45, 7) is 6.53. The number of aromatic hydroxyl groups is 1. The van der Waals surface area contributed by atoms with Crippen molar-refractivity contribution in [2.75, 3.05) is 13.4 Å². The topological polar surface area (TPSA) is 38.7 Å². The lowest BCUT2D eigenvalue weighted by molar-refractivity contribution is 0.0219. The average Bonchev–Trinajstić information content (AvgIpc) is 2.14. The molecule has 1 aromatic rings. The van der Waals surface area contributed by atoms with E-state index in [1.165, 1.54) is 0 Å². The molecule has 1 aromatic carbocycles. The van der Waals surface area contributed by atoms with Gasteiger partial charge in [0.05, 0.1) is 0 Å². The van der Waals surface area contributed by atoms with E-state index in [2.05, 4.69) is 0 Å². The summed E-state index contributed by atoms with van der Waals surface area (Å²) in [5.74, 6) is 1.06. The molecule has 0 aromatic heterocycles. The van der Waals surface area contributed by atoms with E-state index in [-0.39, 0.29) is 6.79 Å². The molecular weight excluding hydrogens is 180 g/mol. The van der Waals surface area contributed by atoms with E-state index in [1.54, 1.807) is 6.07 Å². The number of aryl methyl sites for hydroxylation is 2. The minimum absolute atomic E-state index is 0.252. The molecule has 0 saturated heterocycles. The molecule has 0 amide bonds. The van der Waals surface area contributed by atoms with Crippen molar-refractivity contribution in [3.8, 4) is 11.5 Å². The van der Waals surface area contributed by atoms with Crippen LogP contribution in [0.15, 0.2) is 12.1 Å². The van der Waals surface area contributed by atoms with Gasteiger partial charge in [0.1, 0.15) is 11.5 Å². The van der Waals surface area contributed by atoms with E-state index in [4.69, 9.17) is 9.47 Å². The van der Waals surface area contributed by atoms with Crippen molar-refractivity contribution in [3.05, 3.63) is 23.3 Å². The second kappa shape index (κ2) is 4.86. The second-order valence-corrected chi connectivity index (χ2v) is 3.16. The van der Waals surface area contributed by atoms with Gasteiger partial charge in [0.15, 0.2) is 6.79 Å². The highest BCUT2D eigenvalue weighted by Gasteiger charge is 2.03. The smallest absolute Gasteiger partial charge is 0.189 e. The van der Waals surface area contributed by atoms with Crippen molar-refractivity contribution in [2.24, 2.45) is 0 Å². The molecule has 3 nitrogen and oxygen atoms in total. The molecule has 0 bridgehead atoms. The van der Waals surface area contributed by atoms with Crippen LogP contribution in [0.2, 0.25) is 0 Å². The first-order chi connectivity index (χ1) is 6.65. The van der Waals surface area contributed by atoms with Gasteiger partial charge in [-0.25, -0.2) is 0 Å². The fraction of sp³-hybridized carbons (Fsp3) is 0.455. The molecule has 0 heterocycles. The van der Waals surface area contributed by atoms with Gasteiger partial charge in [-0.05, 0) is 44.0 Å². The highest BCUT2D eigenvalue weighted by molar-refractivity contribution is 5.44. The number of phenols is 1. The van der Waals surface area contributed by atoms with E-state index in [9.17, 15) is 5.11 Å². The maximum absolute atomic E-state index is 9.41. The van der Waals surface area contributed by atoms with Crippen LogP contribution in [-0.2, 0) is 4.74 Å². The summed E-state index contributed by atoms with van der Waals surface area (Å²) >= 11 is 0. The zero-order valence-electron chi connectivity index (χ0n) is 8.83. The van der Waals surface area contributed by atoms with Gasteiger partial charge >= 0.3 is 0 Å². The Kier molecular flexibility index (Phi) is 3.77. The van der Waals surface area contributed by atoms with Gasteiger partial charge < -0.3 is 14.6 Å². The van der Waals surface area contributed by atoms with Crippen LogP contribution in [0, 0.1) is 13.8 Å². The van der Waals surface area contributed by atoms with Crippen LogP contribution < -0.4 is 4.74 Å².